The smallest absolute Gasteiger partial charge is 0.269 e. The Balaban J connectivity index is 1.75. The molecule has 0 atom stereocenters. The summed E-state index contributed by atoms with van der Waals surface area (Å²) in [5.74, 6) is -0.650. The third kappa shape index (κ3) is 6.70. The van der Waals surface area contributed by atoms with Gasteiger partial charge in [0.1, 0.15) is 0 Å². The number of non-ortho nitro benzene ring substituents is 1. The van der Waals surface area contributed by atoms with E-state index in [1.165, 1.54) is 42.6 Å². The summed E-state index contributed by atoms with van der Waals surface area (Å²) in [6, 6.07) is 18.6. The van der Waals surface area contributed by atoms with Gasteiger partial charge in [0.05, 0.1) is 22.6 Å². The summed E-state index contributed by atoms with van der Waals surface area (Å²) >= 11 is 5.92. The van der Waals surface area contributed by atoms with E-state index in [-0.39, 0.29) is 17.1 Å². The molecule has 3 aromatic rings. The zero-order chi connectivity index (χ0) is 24.7. The Hall–Kier alpha value is -3.60. The highest BCUT2D eigenvalue weighted by molar-refractivity contribution is 7.89. The van der Waals surface area contributed by atoms with Gasteiger partial charge in [-0.25, -0.2) is 13.8 Å². The van der Waals surface area contributed by atoms with Gasteiger partial charge in [0, 0.05) is 23.7 Å². The second kappa shape index (κ2) is 11.0. The van der Waals surface area contributed by atoms with Crippen LogP contribution >= 0.6 is 11.6 Å². The molecule has 0 fully saturated rings. The quantitative estimate of drug-likeness (QED) is 0.271. The molecule has 9 nitrogen and oxygen atoms in total. The lowest BCUT2D eigenvalue weighted by Gasteiger charge is -2.21. The molecule has 176 valence electrons. The molecular formula is C23H21ClN4O5S. The zero-order valence-electron chi connectivity index (χ0n) is 18.1. The fourth-order valence-electron chi connectivity index (χ4n) is 2.94. The molecule has 0 spiro atoms. The standard InChI is InChI=1S/C23H21ClN4O5S/c1-17-2-12-22(13-3-17)34(32,33)27(15-19-4-8-20(24)9-5-19)16-23(29)26-25-14-18-6-10-21(11-7-18)28(30)31/h2-14H,15-16H2,1H3,(H,26,29)/b25-14+. The average molecular weight is 501 g/mol. The van der Waals surface area contributed by atoms with Crippen LogP contribution in [0.5, 0.6) is 0 Å². The molecule has 0 bridgehead atoms. The Morgan fingerprint density at radius 1 is 1.06 bits per heavy atom. The predicted octanol–water partition coefficient (Wildman–Crippen LogP) is 3.90. The number of nitrogens with one attached hydrogen (secondary N) is 1. The Bertz CT molecular complexity index is 1290. The molecule has 11 heteroatoms. The summed E-state index contributed by atoms with van der Waals surface area (Å²) in [5, 5.41) is 15.1. The van der Waals surface area contributed by atoms with Gasteiger partial charge in [0.2, 0.25) is 10.0 Å². The molecule has 1 N–H and O–H groups in total. The molecule has 1 amide bonds. The van der Waals surface area contributed by atoms with Crippen LogP contribution in [-0.4, -0.2) is 36.3 Å². The van der Waals surface area contributed by atoms with Gasteiger partial charge in [-0.1, -0.05) is 41.4 Å². The van der Waals surface area contributed by atoms with Crippen LogP contribution in [0, 0.1) is 17.0 Å². The van der Waals surface area contributed by atoms with E-state index in [1.54, 1.807) is 36.4 Å². The Kier molecular flexibility index (Phi) is 8.11. The van der Waals surface area contributed by atoms with E-state index in [9.17, 15) is 23.3 Å². The maximum Gasteiger partial charge on any atom is 0.269 e. The molecule has 0 saturated heterocycles. The molecule has 0 aliphatic carbocycles. The highest BCUT2D eigenvalue weighted by atomic mass is 35.5. The van der Waals surface area contributed by atoms with Crippen LogP contribution in [0.15, 0.2) is 82.8 Å². The summed E-state index contributed by atoms with van der Waals surface area (Å²) in [7, 11) is -3.99. The van der Waals surface area contributed by atoms with Crippen LogP contribution in [-0.2, 0) is 21.4 Å². The maximum atomic E-state index is 13.3. The first-order valence-electron chi connectivity index (χ1n) is 10.0. The monoisotopic (exact) mass is 500 g/mol. The second-order valence-corrected chi connectivity index (χ2v) is 9.73. The Morgan fingerprint density at radius 2 is 1.68 bits per heavy atom. The summed E-state index contributed by atoms with van der Waals surface area (Å²) in [6.45, 7) is 1.32. The third-order valence-electron chi connectivity index (χ3n) is 4.76. The van der Waals surface area contributed by atoms with Gasteiger partial charge in [-0.2, -0.15) is 9.41 Å². The summed E-state index contributed by atoms with van der Waals surface area (Å²) in [6.07, 6.45) is 1.31. The minimum absolute atomic E-state index is 0.0487. The molecule has 0 aliphatic heterocycles. The molecule has 0 radical (unpaired) electrons. The average Bonchev–Trinajstić information content (AvgIpc) is 2.80. The minimum atomic E-state index is -3.99. The van der Waals surface area contributed by atoms with Crippen molar-refractivity contribution < 1.29 is 18.1 Å². The molecule has 3 rings (SSSR count). The van der Waals surface area contributed by atoms with Crippen LogP contribution in [0.25, 0.3) is 0 Å². The number of benzene rings is 3. The van der Waals surface area contributed by atoms with Gasteiger partial charge < -0.3 is 0 Å². The maximum absolute atomic E-state index is 13.3. The summed E-state index contributed by atoms with van der Waals surface area (Å²) in [5.41, 5.74) is 4.31. The van der Waals surface area contributed by atoms with Crippen molar-refractivity contribution in [1.29, 1.82) is 0 Å². The fourth-order valence-corrected chi connectivity index (χ4v) is 4.45. The van der Waals surface area contributed by atoms with Crippen LogP contribution in [0.4, 0.5) is 5.69 Å². The number of amides is 1. The van der Waals surface area contributed by atoms with Crippen molar-refractivity contribution in [3.63, 3.8) is 0 Å². The van der Waals surface area contributed by atoms with Crippen molar-refractivity contribution >= 4 is 39.4 Å². The van der Waals surface area contributed by atoms with Crippen LogP contribution in [0.2, 0.25) is 5.02 Å². The number of sulfonamides is 1. The number of nitro benzene ring substituents is 1. The number of nitro groups is 1. The number of hydrogen-bond acceptors (Lipinski definition) is 6. The number of carbonyl (C=O) groups excluding carboxylic acids is 1. The fraction of sp³-hybridized carbons (Fsp3) is 0.130. The third-order valence-corrected chi connectivity index (χ3v) is 6.82. The lowest BCUT2D eigenvalue weighted by atomic mass is 10.2. The topological polar surface area (TPSA) is 122 Å². The van der Waals surface area contributed by atoms with Crippen molar-refractivity contribution in [3.8, 4) is 0 Å². The van der Waals surface area contributed by atoms with Crippen LogP contribution in [0.1, 0.15) is 16.7 Å². The van der Waals surface area contributed by atoms with Gasteiger partial charge >= 0.3 is 0 Å². The SMILES string of the molecule is Cc1ccc(S(=O)(=O)N(CC(=O)N/N=C/c2ccc([N+](=O)[O-])cc2)Cc2ccc(Cl)cc2)cc1. The van der Waals surface area contributed by atoms with E-state index in [0.29, 0.717) is 16.1 Å². The van der Waals surface area contributed by atoms with Crippen molar-refractivity contribution in [1.82, 2.24) is 9.73 Å². The molecule has 0 heterocycles. The van der Waals surface area contributed by atoms with E-state index in [1.807, 2.05) is 6.92 Å². The van der Waals surface area contributed by atoms with Crippen molar-refractivity contribution in [3.05, 3.63) is 105 Å². The Labute approximate surface area is 201 Å². The van der Waals surface area contributed by atoms with E-state index in [0.717, 1.165) is 9.87 Å². The lowest BCUT2D eigenvalue weighted by molar-refractivity contribution is -0.384. The predicted molar refractivity (Wildman–Crippen MR) is 129 cm³/mol. The van der Waals surface area contributed by atoms with E-state index >= 15 is 0 Å². The van der Waals surface area contributed by atoms with Crippen LogP contribution in [0.3, 0.4) is 0 Å². The first-order valence-corrected chi connectivity index (χ1v) is 11.8. The van der Waals surface area contributed by atoms with E-state index < -0.39 is 27.4 Å². The van der Waals surface area contributed by atoms with Crippen LogP contribution < -0.4 is 5.43 Å². The molecule has 0 saturated carbocycles. The largest absolute Gasteiger partial charge is 0.272 e. The lowest BCUT2D eigenvalue weighted by Crippen LogP contribution is -2.39. The number of hydrazone groups is 1. The van der Waals surface area contributed by atoms with Gasteiger partial charge in [-0.3, -0.25) is 14.9 Å². The number of nitrogens with zero attached hydrogens (tertiary/aromatic N) is 3. The minimum Gasteiger partial charge on any atom is -0.272 e. The van der Waals surface area contributed by atoms with E-state index in [2.05, 4.69) is 10.5 Å². The molecule has 0 unspecified atom stereocenters. The number of carbonyl (C=O) groups is 1. The molecular weight excluding hydrogens is 480 g/mol. The first-order chi connectivity index (χ1) is 16.1. The number of hydrogen-bond donors (Lipinski definition) is 1. The highest BCUT2D eigenvalue weighted by Crippen LogP contribution is 2.20. The highest BCUT2D eigenvalue weighted by Gasteiger charge is 2.27. The number of rotatable bonds is 9. The molecule has 0 aromatic heterocycles. The number of aryl methyl sites for hydroxylation is 1. The molecule has 34 heavy (non-hydrogen) atoms. The second-order valence-electron chi connectivity index (χ2n) is 7.35. The van der Waals surface area contributed by atoms with Crippen molar-refractivity contribution in [2.45, 2.75) is 18.4 Å². The van der Waals surface area contributed by atoms with Gasteiger partial charge in [-0.15, -0.1) is 0 Å². The molecule has 3 aromatic carbocycles. The first kappa shape index (κ1) is 25.0. The van der Waals surface area contributed by atoms with Gasteiger partial charge in [0.25, 0.3) is 11.6 Å². The van der Waals surface area contributed by atoms with Gasteiger partial charge in [-0.05, 0) is 54.4 Å². The Morgan fingerprint density at radius 3 is 2.26 bits per heavy atom. The zero-order valence-corrected chi connectivity index (χ0v) is 19.7. The van der Waals surface area contributed by atoms with Crippen molar-refractivity contribution in [2.24, 2.45) is 5.10 Å². The summed E-state index contributed by atoms with van der Waals surface area (Å²) < 4.78 is 27.6. The van der Waals surface area contributed by atoms with Gasteiger partial charge in [0.15, 0.2) is 0 Å². The summed E-state index contributed by atoms with van der Waals surface area (Å²) in [4.78, 5) is 22.8. The van der Waals surface area contributed by atoms with Crippen molar-refractivity contribution in [2.75, 3.05) is 6.54 Å². The number of halogens is 1. The molecule has 0 aliphatic rings. The van der Waals surface area contributed by atoms with E-state index in [4.69, 9.17) is 11.6 Å². The normalized spacial score (nSPS) is 11.6.